The van der Waals surface area contributed by atoms with Gasteiger partial charge < -0.3 is 9.47 Å². The third-order valence-electron chi connectivity index (χ3n) is 15.6. The summed E-state index contributed by atoms with van der Waals surface area (Å²) in [6, 6.07) is 99.3. The fourth-order valence-electron chi connectivity index (χ4n) is 12.7. The van der Waals surface area contributed by atoms with Gasteiger partial charge in [0.25, 0.3) is 0 Å². The van der Waals surface area contributed by atoms with Crippen molar-refractivity contribution in [2.45, 2.75) is 5.41 Å². The van der Waals surface area contributed by atoms with Crippen molar-refractivity contribution in [1.29, 1.82) is 0 Å². The van der Waals surface area contributed by atoms with Gasteiger partial charge in [0.05, 0.1) is 27.8 Å². The smallest absolute Gasteiger partial charge is 0.0726 e. The summed E-state index contributed by atoms with van der Waals surface area (Å²) in [5.41, 5.74) is 21.4. The molecule has 1 aromatic heterocycles. The fourth-order valence-corrected chi connectivity index (χ4v) is 12.7. The van der Waals surface area contributed by atoms with Gasteiger partial charge in [-0.1, -0.05) is 212 Å². The third kappa shape index (κ3) is 5.65. The highest BCUT2D eigenvalue weighted by molar-refractivity contribution is 6.15. The number of benzene rings is 12. The molecule has 15 rings (SSSR count). The van der Waals surface area contributed by atoms with Gasteiger partial charge in [0.2, 0.25) is 0 Å². The minimum absolute atomic E-state index is 0.588. The number of rotatable bonds is 6. The summed E-state index contributed by atoms with van der Waals surface area (Å²) < 4.78 is 2.40. The number of nitrogens with zero attached hydrogens (tertiary/aromatic N) is 2. The van der Waals surface area contributed by atoms with Crippen LogP contribution < -0.4 is 4.90 Å². The van der Waals surface area contributed by atoms with E-state index < -0.39 is 5.41 Å². The summed E-state index contributed by atoms with van der Waals surface area (Å²) in [5.74, 6) is 0. The zero-order valence-corrected chi connectivity index (χ0v) is 38.8. The zero-order valence-electron chi connectivity index (χ0n) is 38.8. The predicted molar refractivity (Wildman–Crippen MR) is 298 cm³/mol. The van der Waals surface area contributed by atoms with E-state index in [1.54, 1.807) is 0 Å². The molecule has 330 valence electrons. The maximum Gasteiger partial charge on any atom is 0.0726 e. The molecular weight excluding hydrogens is 857 g/mol. The number of fused-ring (bicyclic) bond motifs is 14. The van der Waals surface area contributed by atoms with E-state index in [1.807, 2.05) is 0 Å². The average Bonchev–Trinajstić information content (AvgIpc) is 3.94. The van der Waals surface area contributed by atoms with Gasteiger partial charge in [0.15, 0.2) is 0 Å². The van der Waals surface area contributed by atoms with Gasteiger partial charge in [0, 0.05) is 33.3 Å². The zero-order chi connectivity index (χ0) is 46.6. The quantitative estimate of drug-likeness (QED) is 0.161. The number of hydrogen-bond donors (Lipinski definition) is 0. The molecule has 0 N–H and O–H groups in total. The van der Waals surface area contributed by atoms with Crippen LogP contribution in [0.4, 0.5) is 17.1 Å². The van der Waals surface area contributed by atoms with Crippen LogP contribution in [0, 0.1) is 0 Å². The van der Waals surface area contributed by atoms with E-state index in [4.69, 9.17) is 0 Å². The van der Waals surface area contributed by atoms with E-state index in [0.29, 0.717) is 0 Å². The average molecular weight is 901 g/mol. The second-order valence-electron chi connectivity index (χ2n) is 19.1. The second-order valence-corrected chi connectivity index (χ2v) is 19.1. The molecule has 2 aliphatic carbocycles. The van der Waals surface area contributed by atoms with Crippen LogP contribution in [0.1, 0.15) is 22.3 Å². The Bertz CT molecular complexity index is 4270. The van der Waals surface area contributed by atoms with E-state index in [0.717, 1.165) is 33.9 Å². The molecule has 2 heteroatoms. The van der Waals surface area contributed by atoms with Crippen LogP contribution in [0.5, 0.6) is 0 Å². The van der Waals surface area contributed by atoms with Crippen molar-refractivity contribution in [2.24, 2.45) is 0 Å². The Morgan fingerprint density at radius 3 is 1.75 bits per heavy atom. The minimum Gasteiger partial charge on any atom is -0.309 e. The topological polar surface area (TPSA) is 8.17 Å². The normalized spacial score (nSPS) is 14.3. The van der Waals surface area contributed by atoms with Gasteiger partial charge in [0.1, 0.15) is 0 Å². The van der Waals surface area contributed by atoms with Crippen molar-refractivity contribution in [3.05, 3.63) is 289 Å². The van der Waals surface area contributed by atoms with Crippen molar-refractivity contribution in [2.75, 3.05) is 4.90 Å². The Morgan fingerprint density at radius 1 is 0.310 bits per heavy atom. The molecule has 0 fully saturated rings. The summed E-state index contributed by atoms with van der Waals surface area (Å²) in [6.45, 7) is 0. The molecule has 0 amide bonds. The maximum atomic E-state index is 2.54. The van der Waals surface area contributed by atoms with Gasteiger partial charge in [-0.3, -0.25) is 0 Å². The first-order valence-electron chi connectivity index (χ1n) is 24.7. The molecule has 1 spiro atoms. The molecule has 0 saturated heterocycles. The highest BCUT2D eigenvalue weighted by Crippen LogP contribution is 2.65. The molecular formula is C69H44N2. The van der Waals surface area contributed by atoms with Gasteiger partial charge >= 0.3 is 0 Å². The third-order valence-corrected chi connectivity index (χ3v) is 15.6. The molecule has 1 atom stereocenters. The molecule has 0 saturated carbocycles. The molecule has 0 bridgehead atoms. The summed E-state index contributed by atoms with van der Waals surface area (Å²) in [4.78, 5) is 2.54. The molecule has 13 aromatic rings. The van der Waals surface area contributed by atoms with E-state index in [1.165, 1.54) is 99.0 Å². The van der Waals surface area contributed by atoms with Gasteiger partial charge in [-0.2, -0.15) is 0 Å². The number of hydrogen-bond acceptors (Lipinski definition) is 1. The maximum absolute atomic E-state index is 2.54. The van der Waals surface area contributed by atoms with E-state index in [-0.39, 0.29) is 0 Å². The van der Waals surface area contributed by atoms with Gasteiger partial charge in [-0.05, 0) is 132 Å². The summed E-state index contributed by atoms with van der Waals surface area (Å²) in [5, 5.41) is 7.59. The first-order valence-corrected chi connectivity index (χ1v) is 24.7. The molecule has 2 nitrogen and oxygen atoms in total. The largest absolute Gasteiger partial charge is 0.309 e. The van der Waals surface area contributed by atoms with Crippen molar-refractivity contribution in [3.8, 4) is 50.2 Å². The minimum atomic E-state index is -0.588. The Kier molecular flexibility index (Phi) is 8.61. The molecule has 71 heavy (non-hydrogen) atoms. The first-order chi connectivity index (χ1) is 35.3. The summed E-state index contributed by atoms with van der Waals surface area (Å²) in [6.07, 6.45) is 0. The Hall–Kier alpha value is -9.24. The number of para-hydroxylation sites is 3. The van der Waals surface area contributed by atoms with Crippen LogP contribution in [0.25, 0.3) is 93.5 Å². The molecule has 12 aromatic carbocycles. The van der Waals surface area contributed by atoms with Crippen molar-refractivity contribution >= 4 is 60.4 Å². The van der Waals surface area contributed by atoms with E-state index in [9.17, 15) is 0 Å². The van der Waals surface area contributed by atoms with Gasteiger partial charge in [-0.25, -0.2) is 0 Å². The van der Waals surface area contributed by atoms with Gasteiger partial charge in [-0.15, -0.1) is 0 Å². The van der Waals surface area contributed by atoms with E-state index in [2.05, 4.69) is 276 Å². The van der Waals surface area contributed by atoms with Crippen molar-refractivity contribution < 1.29 is 0 Å². The monoisotopic (exact) mass is 900 g/mol. The number of anilines is 3. The molecule has 0 aliphatic heterocycles. The van der Waals surface area contributed by atoms with Crippen LogP contribution in [-0.4, -0.2) is 4.57 Å². The van der Waals surface area contributed by atoms with Crippen LogP contribution in [-0.2, 0) is 5.41 Å². The molecule has 2 aliphatic rings. The van der Waals surface area contributed by atoms with Crippen LogP contribution in [0.3, 0.4) is 0 Å². The molecule has 0 radical (unpaired) electrons. The first kappa shape index (κ1) is 39.7. The second kappa shape index (κ2) is 15.4. The predicted octanol–water partition coefficient (Wildman–Crippen LogP) is 18.2. The van der Waals surface area contributed by atoms with Crippen LogP contribution in [0.15, 0.2) is 267 Å². The Labute approximate surface area is 412 Å². The SMILES string of the molecule is c1ccc(-c2ccc(N(c3ccccc3-c3ccc4c(c3)c3ccccc3n4-c3ccccc3)c3cccc4c3-c3ccccc3C43c4ccc5ccccc5c4-c4cccc5cccc3c45)cc2)cc1. The summed E-state index contributed by atoms with van der Waals surface area (Å²) >= 11 is 0. The number of aromatic nitrogens is 1. The highest BCUT2D eigenvalue weighted by Gasteiger charge is 2.51. The lowest BCUT2D eigenvalue weighted by atomic mass is 9.61. The fraction of sp³-hybridized carbons (Fsp3) is 0.0145. The van der Waals surface area contributed by atoms with Crippen molar-refractivity contribution in [3.63, 3.8) is 0 Å². The van der Waals surface area contributed by atoms with Crippen LogP contribution in [0.2, 0.25) is 0 Å². The van der Waals surface area contributed by atoms with Crippen LogP contribution >= 0.6 is 0 Å². The summed E-state index contributed by atoms with van der Waals surface area (Å²) in [7, 11) is 0. The lowest BCUT2D eigenvalue weighted by Gasteiger charge is -2.40. The highest BCUT2D eigenvalue weighted by atomic mass is 15.1. The lowest BCUT2D eigenvalue weighted by molar-refractivity contribution is 0.775. The molecule has 1 heterocycles. The molecule has 1 unspecified atom stereocenters. The standard InChI is InChI=1S/C69H44N2/c1-3-18-45(19-4-1)46-36-40-51(41-37-46)71(62-33-13-10-25-52(62)49-39-43-64-57(44-49)54-27-11-14-34-63(54)70(64)50-23-5-2-6-24-50)65-35-17-32-60-68(65)55-28-9-12-30-58(55)69(60)59-31-16-22-48-21-15-29-56(66(48)59)67-53-26-8-7-20-47(53)38-42-61(67)69/h1-44H. The van der Waals surface area contributed by atoms with E-state index >= 15 is 0 Å². The Balaban J connectivity index is 1.01. The van der Waals surface area contributed by atoms with Crippen molar-refractivity contribution in [1.82, 2.24) is 4.57 Å². The lowest BCUT2D eigenvalue weighted by Crippen LogP contribution is -2.32. The Morgan fingerprint density at radius 2 is 0.887 bits per heavy atom.